The molecule has 4 nitrogen and oxygen atoms in total. The van der Waals surface area contributed by atoms with Gasteiger partial charge in [-0.3, -0.25) is 4.68 Å². The molecule has 0 saturated carbocycles. The third kappa shape index (κ3) is 2.62. The van der Waals surface area contributed by atoms with E-state index in [1.54, 1.807) is 10.9 Å². The predicted octanol–water partition coefficient (Wildman–Crippen LogP) is 0.485. The van der Waals surface area contributed by atoms with E-state index >= 15 is 0 Å². The van der Waals surface area contributed by atoms with Crippen LogP contribution in [-0.4, -0.2) is 20.5 Å². The molecule has 1 aromatic rings. The van der Waals surface area contributed by atoms with Crippen LogP contribution in [0.2, 0.25) is 0 Å². The molecule has 4 heteroatoms. The van der Waals surface area contributed by atoms with Gasteiger partial charge in [0, 0.05) is 12.6 Å². The first-order valence-corrected chi connectivity index (χ1v) is 4.11. The van der Waals surface area contributed by atoms with Gasteiger partial charge in [0.15, 0.2) is 0 Å². The Kier molecular flexibility index (Phi) is 2.47. The molecule has 12 heavy (non-hydrogen) atoms. The molecule has 0 radical (unpaired) electrons. The lowest BCUT2D eigenvalue weighted by atomic mass is 9.99. The fourth-order valence-corrected chi connectivity index (χ4v) is 0.988. The Morgan fingerprint density at radius 3 is 2.67 bits per heavy atom. The normalized spacial score (nSPS) is 12.0. The van der Waals surface area contributed by atoms with E-state index in [0.29, 0.717) is 0 Å². The molecule has 0 aliphatic rings. The van der Waals surface area contributed by atoms with Crippen LogP contribution in [0.4, 0.5) is 0 Å². The van der Waals surface area contributed by atoms with Crippen LogP contribution in [0.25, 0.3) is 0 Å². The highest BCUT2D eigenvalue weighted by molar-refractivity contribution is 4.95. The average molecular weight is 168 g/mol. The zero-order valence-corrected chi connectivity index (χ0v) is 7.91. The molecule has 2 N–H and O–H groups in total. The molecule has 0 saturated heterocycles. The van der Waals surface area contributed by atoms with E-state index in [4.69, 9.17) is 5.73 Å². The highest BCUT2D eigenvalue weighted by Crippen LogP contribution is 2.08. The molecule has 0 amide bonds. The van der Waals surface area contributed by atoms with Gasteiger partial charge < -0.3 is 5.73 Å². The standard InChI is InChI=1S/C8H16N4/c1-8(2,9)5-4-7-6-10-11-12(7)3/h6H,4-5,9H2,1-3H3. The number of nitrogens with two attached hydrogens (primary N) is 1. The molecule has 0 aromatic carbocycles. The fourth-order valence-electron chi connectivity index (χ4n) is 0.988. The third-order valence-corrected chi connectivity index (χ3v) is 1.83. The summed E-state index contributed by atoms with van der Waals surface area (Å²) in [5.41, 5.74) is 6.88. The van der Waals surface area contributed by atoms with Crippen molar-refractivity contribution in [3.8, 4) is 0 Å². The number of aryl methyl sites for hydroxylation is 2. The zero-order chi connectivity index (χ0) is 9.19. The summed E-state index contributed by atoms with van der Waals surface area (Å²) in [5, 5.41) is 7.64. The zero-order valence-electron chi connectivity index (χ0n) is 7.91. The van der Waals surface area contributed by atoms with Crippen molar-refractivity contribution in [2.75, 3.05) is 0 Å². The monoisotopic (exact) mass is 168 g/mol. The Labute approximate surface area is 72.8 Å². The maximum atomic E-state index is 5.85. The summed E-state index contributed by atoms with van der Waals surface area (Å²) in [6.07, 6.45) is 3.67. The molecule has 1 rings (SSSR count). The van der Waals surface area contributed by atoms with Crippen molar-refractivity contribution < 1.29 is 0 Å². The summed E-state index contributed by atoms with van der Waals surface area (Å²) < 4.78 is 1.78. The molecule has 0 aliphatic heterocycles. The molecule has 1 heterocycles. The number of hydrogen-bond donors (Lipinski definition) is 1. The lowest BCUT2D eigenvalue weighted by molar-refractivity contribution is 0.468. The average Bonchev–Trinajstić information content (AvgIpc) is 2.29. The first-order chi connectivity index (χ1) is 5.49. The maximum Gasteiger partial charge on any atom is 0.0724 e. The third-order valence-electron chi connectivity index (χ3n) is 1.83. The highest BCUT2D eigenvalue weighted by Gasteiger charge is 2.11. The minimum atomic E-state index is -0.107. The van der Waals surface area contributed by atoms with Gasteiger partial charge >= 0.3 is 0 Å². The van der Waals surface area contributed by atoms with Gasteiger partial charge in [0.2, 0.25) is 0 Å². The van der Waals surface area contributed by atoms with Gasteiger partial charge in [-0.25, -0.2) is 0 Å². The number of aromatic nitrogens is 3. The Morgan fingerprint density at radius 2 is 2.25 bits per heavy atom. The van der Waals surface area contributed by atoms with Crippen LogP contribution in [0.3, 0.4) is 0 Å². The van der Waals surface area contributed by atoms with Crippen molar-refractivity contribution in [3.63, 3.8) is 0 Å². The van der Waals surface area contributed by atoms with Gasteiger partial charge in [-0.05, 0) is 26.7 Å². The molecular weight excluding hydrogens is 152 g/mol. The second-order valence-electron chi connectivity index (χ2n) is 3.84. The second kappa shape index (κ2) is 3.23. The van der Waals surface area contributed by atoms with Crippen molar-refractivity contribution in [1.29, 1.82) is 0 Å². The van der Waals surface area contributed by atoms with Gasteiger partial charge in [0.1, 0.15) is 0 Å². The Morgan fingerprint density at radius 1 is 1.58 bits per heavy atom. The van der Waals surface area contributed by atoms with E-state index in [-0.39, 0.29) is 5.54 Å². The van der Waals surface area contributed by atoms with Gasteiger partial charge in [-0.1, -0.05) is 5.21 Å². The summed E-state index contributed by atoms with van der Waals surface area (Å²) in [4.78, 5) is 0. The molecule has 0 aliphatic carbocycles. The van der Waals surface area contributed by atoms with Crippen molar-refractivity contribution in [3.05, 3.63) is 11.9 Å². The first-order valence-electron chi connectivity index (χ1n) is 4.11. The van der Waals surface area contributed by atoms with Crippen LogP contribution in [0.1, 0.15) is 26.0 Å². The molecular formula is C8H16N4. The second-order valence-corrected chi connectivity index (χ2v) is 3.84. The first kappa shape index (κ1) is 9.19. The summed E-state index contributed by atoms with van der Waals surface area (Å²) in [5.74, 6) is 0. The highest BCUT2D eigenvalue weighted by atomic mass is 15.4. The molecule has 0 unspecified atom stereocenters. The summed E-state index contributed by atoms with van der Waals surface area (Å²) in [7, 11) is 1.89. The SMILES string of the molecule is Cn1nncc1CCC(C)(C)N. The Bertz CT molecular complexity index is 246. The minimum absolute atomic E-state index is 0.107. The van der Waals surface area contributed by atoms with E-state index in [0.717, 1.165) is 18.5 Å². The molecule has 0 atom stereocenters. The van der Waals surface area contributed by atoms with E-state index < -0.39 is 0 Å². The molecule has 1 aromatic heterocycles. The minimum Gasteiger partial charge on any atom is -0.326 e. The number of nitrogens with zero attached hydrogens (tertiary/aromatic N) is 3. The van der Waals surface area contributed by atoms with Crippen molar-refractivity contribution in [2.45, 2.75) is 32.2 Å². The predicted molar refractivity (Wildman–Crippen MR) is 47.6 cm³/mol. The van der Waals surface area contributed by atoms with Crippen LogP contribution in [0.15, 0.2) is 6.20 Å². The summed E-state index contributed by atoms with van der Waals surface area (Å²) >= 11 is 0. The van der Waals surface area contributed by atoms with E-state index in [1.807, 2.05) is 20.9 Å². The summed E-state index contributed by atoms with van der Waals surface area (Å²) in [6.45, 7) is 4.05. The van der Waals surface area contributed by atoms with Crippen molar-refractivity contribution in [2.24, 2.45) is 12.8 Å². The molecule has 0 bridgehead atoms. The fraction of sp³-hybridized carbons (Fsp3) is 0.750. The molecule has 0 spiro atoms. The molecule has 68 valence electrons. The summed E-state index contributed by atoms with van der Waals surface area (Å²) in [6, 6.07) is 0. The van der Waals surface area contributed by atoms with Gasteiger partial charge in [0.05, 0.1) is 11.9 Å². The quantitative estimate of drug-likeness (QED) is 0.714. The number of rotatable bonds is 3. The van der Waals surface area contributed by atoms with Gasteiger partial charge in [-0.15, -0.1) is 5.10 Å². The molecule has 0 fully saturated rings. The van der Waals surface area contributed by atoms with Crippen molar-refractivity contribution in [1.82, 2.24) is 15.0 Å². The van der Waals surface area contributed by atoms with Crippen molar-refractivity contribution >= 4 is 0 Å². The van der Waals surface area contributed by atoms with Crippen LogP contribution >= 0.6 is 0 Å². The van der Waals surface area contributed by atoms with Gasteiger partial charge in [0.25, 0.3) is 0 Å². The van der Waals surface area contributed by atoms with E-state index in [1.165, 1.54) is 0 Å². The lowest BCUT2D eigenvalue weighted by Crippen LogP contribution is -2.32. The topological polar surface area (TPSA) is 56.7 Å². The number of hydrogen-bond acceptors (Lipinski definition) is 3. The van der Waals surface area contributed by atoms with E-state index in [2.05, 4.69) is 10.3 Å². The smallest absolute Gasteiger partial charge is 0.0724 e. The Hall–Kier alpha value is -0.900. The van der Waals surface area contributed by atoms with Crippen LogP contribution in [-0.2, 0) is 13.5 Å². The Balaban J connectivity index is 2.49. The van der Waals surface area contributed by atoms with Crippen LogP contribution in [0.5, 0.6) is 0 Å². The lowest BCUT2D eigenvalue weighted by Gasteiger charge is -2.17. The van der Waals surface area contributed by atoms with Gasteiger partial charge in [-0.2, -0.15) is 0 Å². The largest absolute Gasteiger partial charge is 0.326 e. The maximum absolute atomic E-state index is 5.85. The van der Waals surface area contributed by atoms with Crippen LogP contribution in [0, 0.1) is 0 Å². The van der Waals surface area contributed by atoms with Crippen LogP contribution < -0.4 is 5.73 Å². The van der Waals surface area contributed by atoms with E-state index in [9.17, 15) is 0 Å².